The molecule has 0 aromatic heterocycles. The van der Waals surface area contributed by atoms with Crippen molar-refractivity contribution in [3.63, 3.8) is 0 Å². The van der Waals surface area contributed by atoms with Gasteiger partial charge >= 0.3 is 42.2 Å². The Hall–Kier alpha value is 0.0849. The molecular formula is C3H7BOS. The van der Waals surface area contributed by atoms with Crippen molar-refractivity contribution in [1.82, 2.24) is 0 Å². The number of rotatable bonds is 2. The fourth-order valence-corrected chi connectivity index (χ4v) is 0.333. The van der Waals surface area contributed by atoms with Gasteiger partial charge in [-0.15, -0.1) is 0 Å². The summed E-state index contributed by atoms with van der Waals surface area (Å²) in [5.74, 6) is 0. The van der Waals surface area contributed by atoms with Crippen molar-refractivity contribution in [2.45, 2.75) is 0 Å². The number of thioether (sulfide) groups is 1. The third kappa shape index (κ3) is 4.08. The van der Waals surface area contributed by atoms with E-state index in [1.807, 2.05) is 11.6 Å². The van der Waals surface area contributed by atoms with Gasteiger partial charge in [-0.3, -0.25) is 0 Å². The van der Waals surface area contributed by atoms with Crippen LogP contribution in [0, 0.1) is 0 Å². The van der Waals surface area contributed by atoms with Crippen molar-refractivity contribution in [2.24, 2.45) is 0 Å². The molecule has 0 atom stereocenters. The van der Waals surface area contributed by atoms with Gasteiger partial charge in [0, 0.05) is 0 Å². The average Bonchev–Trinajstić information content (AvgIpc) is 1.61. The molecule has 3 heteroatoms. The fourth-order valence-electron chi connectivity index (χ4n) is 0.111. The molecule has 6 heavy (non-hydrogen) atoms. The van der Waals surface area contributed by atoms with Crippen molar-refractivity contribution in [3.8, 4) is 0 Å². The maximum atomic E-state index is 4.58. The Morgan fingerprint density at radius 1 is 1.83 bits per heavy atom. The summed E-state index contributed by atoms with van der Waals surface area (Å²) in [6.07, 6.45) is 1.98. The van der Waals surface area contributed by atoms with E-state index < -0.39 is 0 Å². The molecule has 0 amide bonds. The van der Waals surface area contributed by atoms with Gasteiger partial charge in [0.25, 0.3) is 0 Å². The summed E-state index contributed by atoms with van der Waals surface area (Å²) in [6.45, 7) is 0. The Labute approximate surface area is 43.0 Å². The van der Waals surface area contributed by atoms with E-state index in [0.717, 1.165) is 0 Å². The van der Waals surface area contributed by atoms with Crippen LogP contribution in [0.3, 0.4) is 0 Å². The van der Waals surface area contributed by atoms with Crippen molar-refractivity contribution in [2.75, 3.05) is 13.4 Å². The zero-order valence-electron chi connectivity index (χ0n) is 3.97. The molecule has 0 spiro atoms. The molecule has 0 saturated carbocycles. The van der Waals surface area contributed by atoms with Gasteiger partial charge < -0.3 is 0 Å². The van der Waals surface area contributed by atoms with Crippen LogP contribution < -0.4 is 0 Å². The SMILES string of the molecule is COB=CSC. The predicted molar refractivity (Wildman–Crippen MR) is 32.3 cm³/mol. The molecule has 0 aromatic rings. The first-order valence-corrected chi connectivity index (χ1v) is 2.91. The van der Waals surface area contributed by atoms with Gasteiger partial charge in [0.15, 0.2) is 0 Å². The molecule has 0 aromatic carbocycles. The van der Waals surface area contributed by atoms with E-state index in [4.69, 9.17) is 0 Å². The second-order valence-corrected chi connectivity index (χ2v) is 1.49. The third-order valence-electron chi connectivity index (χ3n) is 0.328. The molecule has 0 fully saturated rings. The molecule has 34 valence electrons. The van der Waals surface area contributed by atoms with E-state index in [9.17, 15) is 0 Å². The van der Waals surface area contributed by atoms with Crippen LogP contribution in [0.2, 0.25) is 0 Å². The Morgan fingerprint density at radius 3 is 2.67 bits per heavy atom. The van der Waals surface area contributed by atoms with Crippen LogP contribution >= 0.6 is 11.8 Å². The number of hydrogen-bond acceptors (Lipinski definition) is 2. The van der Waals surface area contributed by atoms with E-state index in [-0.39, 0.29) is 0 Å². The second kappa shape index (κ2) is 5.08. The van der Waals surface area contributed by atoms with E-state index in [0.29, 0.717) is 0 Å². The molecule has 0 unspecified atom stereocenters. The Balaban J connectivity index is 2.73. The summed E-state index contributed by atoms with van der Waals surface area (Å²) in [5, 5.41) is 1.88. The molecule has 0 heterocycles. The van der Waals surface area contributed by atoms with Crippen molar-refractivity contribution < 1.29 is 4.65 Å². The summed E-state index contributed by atoms with van der Waals surface area (Å²) >= 11 is 1.62. The minimum absolute atomic E-state index is 1.62. The van der Waals surface area contributed by atoms with Gasteiger partial charge in [-0.05, 0) is 0 Å². The monoisotopic (exact) mass is 102 g/mol. The maximum absolute atomic E-state index is 4.58. The van der Waals surface area contributed by atoms with E-state index >= 15 is 0 Å². The standard InChI is InChI=1S/C3H7BOS/c1-5-4-3-6-2/h3H,1-2H3. The molecule has 0 bridgehead atoms. The van der Waals surface area contributed by atoms with Crippen molar-refractivity contribution in [3.05, 3.63) is 0 Å². The molecule has 0 aliphatic rings. The van der Waals surface area contributed by atoms with Gasteiger partial charge in [-0.25, -0.2) is 0 Å². The van der Waals surface area contributed by atoms with Crippen molar-refractivity contribution >= 4 is 24.2 Å². The van der Waals surface area contributed by atoms with Gasteiger partial charge in [0.05, 0.1) is 0 Å². The van der Waals surface area contributed by atoms with Crippen molar-refractivity contribution in [1.29, 1.82) is 0 Å². The Kier molecular flexibility index (Phi) is 5.16. The molecule has 0 aliphatic heterocycles. The summed E-state index contributed by atoms with van der Waals surface area (Å²) in [5.41, 5.74) is 0. The van der Waals surface area contributed by atoms with Crippen LogP contribution in [0.15, 0.2) is 0 Å². The molecule has 0 rings (SSSR count). The van der Waals surface area contributed by atoms with Crippen LogP contribution in [0.4, 0.5) is 0 Å². The molecule has 0 radical (unpaired) electrons. The van der Waals surface area contributed by atoms with Crippen LogP contribution in [0.1, 0.15) is 0 Å². The summed E-state index contributed by atoms with van der Waals surface area (Å²) in [4.78, 5) is 0. The Bertz CT molecular complexity index is 40.1. The van der Waals surface area contributed by atoms with Gasteiger partial charge in [0.1, 0.15) is 0 Å². The van der Waals surface area contributed by atoms with Crippen LogP contribution in [0.25, 0.3) is 0 Å². The van der Waals surface area contributed by atoms with E-state index in [2.05, 4.69) is 4.65 Å². The molecule has 0 aliphatic carbocycles. The minimum atomic E-state index is 1.62. The first-order valence-electron chi connectivity index (χ1n) is 1.62. The third-order valence-corrected chi connectivity index (χ3v) is 0.711. The molecular weight excluding hydrogens is 94.9 g/mol. The topological polar surface area (TPSA) is 9.23 Å². The summed E-state index contributed by atoms with van der Waals surface area (Å²) in [6, 6.07) is 0. The van der Waals surface area contributed by atoms with E-state index in [1.54, 1.807) is 26.0 Å². The molecule has 0 N–H and O–H groups in total. The predicted octanol–water partition coefficient (Wildman–Crippen LogP) is 0.375. The first kappa shape index (κ1) is 6.08. The van der Waals surface area contributed by atoms with Gasteiger partial charge in [-0.2, -0.15) is 0 Å². The number of hydrogen-bond donors (Lipinski definition) is 0. The van der Waals surface area contributed by atoms with Gasteiger partial charge in [-0.1, -0.05) is 0 Å². The zero-order valence-corrected chi connectivity index (χ0v) is 4.79. The Morgan fingerprint density at radius 2 is 2.50 bits per heavy atom. The van der Waals surface area contributed by atoms with Crippen LogP contribution in [-0.2, 0) is 4.65 Å². The average molecular weight is 102 g/mol. The zero-order chi connectivity index (χ0) is 4.83. The normalized spacial score (nSPS) is 8.33. The van der Waals surface area contributed by atoms with Gasteiger partial charge in [0.2, 0.25) is 0 Å². The summed E-state index contributed by atoms with van der Waals surface area (Å²) in [7, 11) is 3.28. The van der Waals surface area contributed by atoms with E-state index in [1.165, 1.54) is 0 Å². The fraction of sp³-hybridized carbons (Fsp3) is 0.667. The second-order valence-electron chi connectivity index (χ2n) is 0.744. The first-order chi connectivity index (χ1) is 2.91. The molecule has 1 nitrogen and oxygen atoms in total. The quantitative estimate of drug-likeness (QED) is 0.466. The molecule has 0 saturated heterocycles. The summed E-state index contributed by atoms with van der Waals surface area (Å²) < 4.78 is 4.58. The van der Waals surface area contributed by atoms with Crippen LogP contribution in [-0.4, -0.2) is 25.8 Å². The van der Waals surface area contributed by atoms with Crippen LogP contribution in [0.5, 0.6) is 0 Å².